The summed E-state index contributed by atoms with van der Waals surface area (Å²) in [6.07, 6.45) is 5.58. The van der Waals surface area contributed by atoms with Crippen molar-refractivity contribution in [3.8, 4) is 5.75 Å². The molecule has 27 heavy (non-hydrogen) atoms. The molecule has 5 nitrogen and oxygen atoms in total. The molecule has 1 aromatic heterocycles. The Hall–Kier alpha value is -2.40. The van der Waals surface area contributed by atoms with E-state index in [0.29, 0.717) is 11.9 Å². The maximum Gasteiger partial charge on any atom is 0.233 e. The summed E-state index contributed by atoms with van der Waals surface area (Å²) in [5.41, 5.74) is 2.11. The number of ether oxygens (including phenoxy) is 1. The van der Waals surface area contributed by atoms with E-state index in [1.165, 1.54) is 5.56 Å². The minimum Gasteiger partial charge on any atom is -0.497 e. The monoisotopic (exact) mass is 365 g/mol. The van der Waals surface area contributed by atoms with Crippen LogP contribution in [-0.4, -0.2) is 53.5 Å². The predicted octanol–water partition coefficient (Wildman–Crippen LogP) is 2.85. The van der Waals surface area contributed by atoms with Crippen LogP contribution in [0.25, 0.3) is 0 Å². The van der Waals surface area contributed by atoms with Crippen molar-refractivity contribution in [2.45, 2.75) is 37.8 Å². The Kier molecular flexibility index (Phi) is 4.87. The van der Waals surface area contributed by atoms with Crippen LogP contribution < -0.4 is 4.74 Å². The third-order valence-corrected chi connectivity index (χ3v) is 6.01. The molecule has 0 bridgehead atoms. The summed E-state index contributed by atoms with van der Waals surface area (Å²) in [5.74, 6) is 1.13. The lowest BCUT2D eigenvalue weighted by Gasteiger charge is -2.46. The summed E-state index contributed by atoms with van der Waals surface area (Å²) < 4.78 is 5.24. The van der Waals surface area contributed by atoms with Gasteiger partial charge in [-0.3, -0.25) is 14.7 Å². The largest absolute Gasteiger partial charge is 0.497 e. The molecule has 1 aliphatic heterocycles. The molecule has 1 saturated carbocycles. The van der Waals surface area contributed by atoms with Crippen molar-refractivity contribution in [3.63, 3.8) is 0 Å². The van der Waals surface area contributed by atoms with Crippen LogP contribution in [0, 0.1) is 0 Å². The van der Waals surface area contributed by atoms with Crippen molar-refractivity contribution < 1.29 is 9.53 Å². The zero-order chi connectivity index (χ0) is 18.9. The maximum absolute atomic E-state index is 13.1. The van der Waals surface area contributed by atoms with Gasteiger partial charge in [-0.2, -0.15) is 0 Å². The van der Waals surface area contributed by atoms with E-state index < -0.39 is 0 Å². The smallest absolute Gasteiger partial charge is 0.233 e. The highest BCUT2D eigenvalue weighted by atomic mass is 16.5. The van der Waals surface area contributed by atoms with Crippen molar-refractivity contribution in [1.29, 1.82) is 0 Å². The van der Waals surface area contributed by atoms with Gasteiger partial charge in [0.2, 0.25) is 5.91 Å². The number of benzene rings is 1. The zero-order valence-corrected chi connectivity index (χ0v) is 16.1. The van der Waals surface area contributed by atoms with Gasteiger partial charge < -0.3 is 9.64 Å². The number of hydrogen-bond donors (Lipinski definition) is 0. The summed E-state index contributed by atoms with van der Waals surface area (Å²) >= 11 is 0. The summed E-state index contributed by atoms with van der Waals surface area (Å²) in [6, 6.07) is 12.6. The molecule has 2 aliphatic rings. The van der Waals surface area contributed by atoms with Crippen LogP contribution in [-0.2, 0) is 16.8 Å². The van der Waals surface area contributed by atoms with E-state index in [-0.39, 0.29) is 5.41 Å². The molecule has 0 atom stereocenters. The fraction of sp³-hybridized carbons (Fsp3) is 0.455. The first kappa shape index (κ1) is 18.0. The number of methoxy groups -OCH3 is 1. The molecule has 2 aromatic rings. The number of amides is 1. The van der Waals surface area contributed by atoms with Gasteiger partial charge in [-0.1, -0.05) is 19.1 Å². The topological polar surface area (TPSA) is 45.7 Å². The number of carbonyl (C=O) groups is 1. The minimum atomic E-state index is -0.292. The van der Waals surface area contributed by atoms with E-state index in [4.69, 9.17) is 4.74 Å². The van der Waals surface area contributed by atoms with Gasteiger partial charge in [0.1, 0.15) is 5.75 Å². The molecule has 0 spiro atoms. The average molecular weight is 365 g/mol. The van der Waals surface area contributed by atoms with Gasteiger partial charge in [-0.15, -0.1) is 0 Å². The second-order valence-corrected chi connectivity index (χ2v) is 7.59. The first-order valence-corrected chi connectivity index (χ1v) is 9.73. The molecule has 1 aromatic carbocycles. The molecular formula is C22H27N3O2. The number of likely N-dealkylation sites (N-methyl/N-ethyl adjacent to an activating group) is 1. The summed E-state index contributed by atoms with van der Waals surface area (Å²) in [5, 5.41) is 0. The van der Waals surface area contributed by atoms with Gasteiger partial charge in [0, 0.05) is 38.1 Å². The standard InChI is InChI=1S/C22H27N3O2/c1-3-24(14-17-8-12-23-13-9-17)19-15-25(16-19)21(26)22(10-11-22)18-4-6-20(27-2)7-5-18/h4-9,12-13,19H,3,10-11,14-16H2,1-2H3. The van der Waals surface area contributed by atoms with Gasteiger partial charge in [0.05, 0.1) is 12.5 Å². The number of carbonyl (C=O) groups excluding carboxylic acids is 1. The Labute approximate surface area is 161 Å². The molecular weight excluding hydrogens is 338 g/mol. The lowest BCUT2D eigenvalue weighted by atomic mass is 9.92. The summed E-state index contributed by atoms with van der Waals surface area (Å²) in [6.45, 7) is 5.74. The molecule has 1 amide bonds. The highest BCUT2D eigenvalue weighted by molar-refractivity contribution is 5.92. The number of nitrogens with zero attached hydrogens (tertiary/aromatic N) is 3. The van der Waals surface area contributed by atoms with Crippen LogP contribution in [0.2, 0.25) is 0 Å². The van der Waals surface area contributed by atoms with Crippen LogP contribution in [0.1, 0.15) is 30.9 Å². The van der Waals surface area contributed by atoms with E-state index >= 15 is 0 Å². The molecule has 1 saturated heterocycles. The number of aromatic nitrogens is 1. The minimum absolute atomic E-state index is 0.292. The number of rotatable bonds is 7. The third-order valence-electron chi connectivity index (χ3n) is 6.01. The van der Waals surface area contributed by atoms with Gasteiger partial charge in [0.15, 0.2) is 0 Å². The van der Waals surface area contributed by atoms with Crippen LogP contribution in [0.3, 0.4) is 0 Å². The van der Waals surface area contributed by atoms with Gasteiger partial charge >= 0.3 is 0 Å². The Bertz CT molecular complexity index is 781. The van der Waals surface area contributed by atoms with Gasteiger partial charge in [0.25, 0.3) is 0 Å². The molecule has 0 N–H and O–H groups in total. The van der Waals surface area contributed by atoms with Gasteiger partial charge in [-0.05, 0) is 54.8 Å². The molecule has 2 fully saturated rings. The van der Waals surface area contributed by atoms with Crippen LogP contribution in [0.15, 0.2) is 48.8 Å². The second kappa shape index (κ2) is 7.31. The van der Waals surface area contributed by atoms with E-state index in [1.54, 1.807) is 7.11 Å². The maximum atomic E-state index is 13.1. The lowest BCUT2D eigenvalue weighted by molar-refractivity contribution is -0.141. The Morgan fingerprint density at radius 3 is 2.41 bits per heavy atom. The van der Waals surface area contributed by atoms with Crippen LogP contribution in [0.5, 0.6) is 5.75 Å². The van der Waals surface area contributed by atoms with Crippen molar-refractivity contribution in [1.82, 2.24) is 14.8 Å². The van der Waals surface area contributed by atoms with Crippen molar-refractivity contribution in [3.05, 3.63) is 59.9 Å². The van der Waals surface area contributed by atoms with Crippen molar-refractivity contribution in [2.24, 2.45) is 0 Å². The number of likely N-dealkylation sites (tertiary alicyclic amines) is 1. The molecule has 2 heterocycles. The van der Waals surface area contributed by atoms with E-state index in [2.05, 4.69) is 28.9 Å². The Morgan fingerprint density at radius 2 is 1.85 bits per heavy atom. The fourth-order valence-corrected chi connectivity index (χ4v) is 4.04. The van der Waals surface area contributed by atoms with E-state index in [1.807, 2.05) is 41.6 Å². The van der Waals surface area contributed by atoms with Crippen molar-refractivity contribution >= 4 is 5.91 Å². The summed E-state index contributed by atoms with van der Waals surface area (Å²) in [4.78, 5) is 21.7. The Balaban J connectivity index is 1.37. The van der Waals surface area contributed by atoms with Crippen LogP contribution >= 0.6 is 0 Å². The van der Waals surface area contributed by atoms with Gasteiger partial charge in [-0.25, -0.2) is 0 Å². The highest BCUT2D eigenvalue weighted by Crippen LogP contribution is 2.50. The SMILES string of the molecule is CCN(Cc1ccncc1)C1CN(C(=O)C2(c3ccc(OC)cc3)CC2)C1. The Morgan fingerprint density at radius 1 is 1.19 bits per heavy atom. The zero-order valence-electron chi connectivity index (χ0n) is 16.1. The molecule has 4 rings (SSSR count). The molecule has 1 aliphatic carbocycles. The van der Waals surface area contributed by atoms with Crippen LogP contribution in [0.4, 0.5) is 0 Å². The first-order chi connectivity index (χ1) is 13.2. The average Bonchev–Trinajstić information content (AvgIpc) is 3.49. The normalized spacial score (nSPS) is 18.3. The van der Waals surface area contributed by atoms with E-state index in [0.717, 1.165) is 50.3 Å². The molecule has 0 unspecified atom stereocenters. The second-order valence-electron chi connectivity index (χ2n) is 7.59. The quantitative estimate of drug-likeness (QED) is 0.757. The van der Waals surface area contributed by atoms with E-state index in [9.17, 15) is 4.79 Å². The fourth-order valence-electron chi connectivity index (χ4n) is 4.04. The third kappa shape index (κ3) is 3.44. The highest BCUT2D eigenvalue weighted by Gasteiger charge is 2.54. The lowest BCUT2D eigenvalue weighted by Crippen LogP contribution is -2.62. The molecule has 0 radical (unpaired) electrons. The predicted molar refractivity (Wildman–Crippen MR) is 105 cm³/mol. The number of hydrogen-bond acceptors (Lipinski definition) is 4. The summed E-state index contributed by atoms with van der Waals surface area (Å²) in [7, 11) is 1.67. The van der Waals surface area contributed by atoms with Crippen molar-refractivity contribution in [2.75, 3.05) is 26.7 Å². The first-order valence-electron chi connectivity index (χ1n) is 9.73. The molecule has 5 heteroatoms. The molecule has 142 valence electrons. The number of pyridine rings is 1.